The van der Waals surface area contributed by atoms with Crippen molar-refractivity contribution in [3.63, 3.8) is 0 Å². The number of hydrogen-bond acceptors (Lipinski definition) is 2. The summed E-state index contributed by atoms with van der Waals surface area (Å²) in [6.07, 6.45) is 12.2. The largest absolute Gasteiger partial charge is 0.508 e. The van der Waals surface area contributed by atoms with Crippen LogP contribution in [0, 0.1) is 29.1 Å². The number of phenols is 1. The molecule has 0 aromatic heterocycles. The van der Waals surface area contributed by atoms with E-state index in [0.717, 1.165) is 44.9 Å². The average molecular weight is 381 g/mol. The molecule has 2 nitrogen and oxygen atoms in total. The van der Waals surface area contributed by atoms with Crippen LogP contribution in [0.1, 0.15) is 95.1 Å². The quantitative estimate of drug-likeness (QED) is 0.500. The lowest BCUT2D eigenvalue weighted by Gasteiger charge is -2.52. The molecule has 5 atom stereocenters. The molecule has 0 saturated heterocycles. The number of aromatic hydroxyl groups is 1. The van der Waals surface area contributed by atoms with Crippen LogP contribution in [-0.2, 0) is 6.42 Å². The second-order valence-electron chi connectivity index (χ2n) is 9.77. The van der Waals surface area contributed by atoms with E-state index in [4.69, 9.17) is 0 Å². The third kappa shape index (κ3) is 3.26. The van der Waals surface area contributed by atoms with Gasteiger partial charge in [0.15, 0.2) is 0 Å². The SMILES string of the molecule is CCCCCCC#C[C@]1(O)CC[C@H]2[C@@H]3CCc4cc(O)ccc4[C@H]3CC[C@@]21C. The molecule has 0 unspecified atom stereocenters. The highest BCUT2D eigenvalue weighted by molar-refractivity contribution is 5.40. The highest BCUT2D eigenvalue weighted by atomic mass is 16.3. The van der Waals surface area contributed by atoms with Crippen LogP contribution < -0.4 is 0 Å². The molecule has 0 radical (unpaired) electrons. The maximum atomic E-state index is 11.6. The number of hydrogen-bond donors (Lipinski definition) is 2. The third-order valence-electron chi connectivity index (χ3n) is 8.31. The fourth-order valence-corrected chi connectivity index (χ4v) is 6.64. The Bertz CT molecular complexity index is 772. The van der Waals surface area contributed by atoms with Crippen molar-refractivity contribution in [2.24, 2.45) is 17.3 Å². The van der Waals surface area contributed by atoms with Gasteiger partial charge in [0.1, 0.15) is 11.4 Å². The number of fused-ring (bicyclic) bond motifs is 5. The van der Waals surface area contributed by atoms with Gasteiger partial charge in [0.05, 0.1) is 0 Å². The summed E-state index contributed by atoms with van der Waals surface area (Å²) in [7, 11) is 0. The van der Waals surface area contributed by atoms with E-state index in [1.165, 1.54) is 36.8 Å². The summed E-state index contributed by atoms with van der Waals surface area (Å²) in [5, 5.41) is 21.4. The lowest BCUT2D eigenvalue weighted by molar-refractivity contribution is -0.0648. The predicted molar refractivity (Wildman–Crippen MR) is 114 cm³/mol. The summed E-state index contributed by atoms with van der Waals surface area (Å²) < 4.78 is 0. The van der Waals surface area contributed by atoms with Crippen molar-refractivity contribution in [3.05, 3.63) is 29.3 Å². The average Bonchev–Trinajstić information content (AvgIpc) is 2.95. The molecule has 152 valence electrons. The summed E-state index contributed by atoms with van der Waals surface area (Å²) >= 11 is 0. The maximum Gasteiger partial charge on any atom is 0.131 e. The molecule has 2 N–H and O–H groups in total. The van der Waals surface area contributed by atoms with Crippen LogP contribution in [0.2, 0.25) is 0 Å². The van der Waals surface area contributed by atoms with E-state index >= 15 is 0 Å². The van der Waals surface area contributed by atoms with Gasteiger partial charge in [0.2, 0.25) is 0 Å². The van der Waals surface area contributed by atoms with Crippen LogP contribution in [-0.4, -0.2) is 15.8 Å². The second-order valence-corrected chi connectivity index (χ2v) is 9.77. The molecule has 4 rings (SSSR count). The Morgan fingerprint density at radius 1 is 1.11 bits per heavy atom. The molecular formula is C26H36O2. The van der Waals surface area contributed by atoms with E-state index in [1.807, 2.05) is 12.1 Å². The normalized spacial score (nSPS) is 36.0. The molecule has 1 aromatic rings. The highest BCUT2D eigenvalue weighted by Crippen LogP contribution is 2.64. The van der Waals surface area contributed by atoms with E-state index in [-0.39, 0.29) is 5.41 Å². The van der Waals surface area contributed by atoms with E-state index < -0.39 is 5.60 Å². The molecule has 28 heavy (non-hydrogen) atoms. The molecule has 3 aliphatic rings. The van der Waals surface area contributed by atoms with E-state index in [0.29, 0.717) is 23.5 Å². The molecule has 0 heterocycles. The zero-order chi connectivity index (χ0) is 19.8. The van der Waals surface area contributed by atoms with Gasteiger partial charge < -0.3 is 10.2 Å². The Kier molecular flexibility index (Phi) is 5.49. The van der Waals surface area contributed by atoms with Crippen LogP contribution in [0.3, 0.4) is 0 Å². The van der Waals surface area contributed by atoms with Crippen LogP contribution in [0.5, 0.6) is 5.75 Å². The van der Waals surface area contributed by atoms with Gasteiger partial charge in [0.25, 0.3) is 0 Å². The van der Waals surface area contributed by atoms with Crippen molar-refractivity contribution >= 4 is 0 Å². The molecular weight excluding hydrogens is 344 g/mol. The van der Waals surface area contributed by atoms with Gasteiger partial charge in [-0.25, -0.2) is 0 Å². The smallest absolute Gasteiger partial charge is 0.131 e. The van der Waals surface area contributed by atoms with Crippen LogP contribution in [0.25, 0.3) is 0 Å². The molecule has 2 fully saturated rings. The monoisotopic (exact) mass is 380 g/mol. The molecule has 0 spiro atoms. The van der Waals surface area contributed by atoms with Crippen LogP contribution in [0.15, 0.2) is 18.2 Å². The molecule has 1 aromatic carbocycles. The number of unbranched alkanes of at least 4 members (excludes halogenated alkanes) is 4. The number of rotatable bonds is 4. The number of phenolic OH excluding ortho intramolecular Hbond substituents is 1. The first kappa shape index (κ1) is 19.8. The molecule has 3 aliphatic carbocycles. The van der Waals surface area contributed by atoms with Crippen molar-refractivity contribution in [1.82, 2.24) is 0 Å². The summed E-state index contributed by atoms with van der Waals surface area (Å²) in [4.78, 5) is 0. The van der Waals surface area contributed by atoms with Gasteiger partial charge in [-0.1, -0.05) is 45.1 Å². The molecule has 0 amide bonds. The van der Waals surface area contributed by atoms with E-state index in [9.17, 15) is 10.2 Å². The Labute approximate surface area is 170 Å². The number of benzene rings is 1. The first-order valence-corrected chi connectivity index (χ1v) is 11.5. The number of aliphatic hydroxyl groups is 1. The van der Waals surface area contributed by atoms with Gasteiger partial charge in [0, 0.05) is 11.8 Å². The number of aryl methyl sites for hydroxylation is 1. The minimum Gasteiger partial charge on any atom is -0.508 e. The molecule has 0 bridgehead atoms. The second kappa shape index (κ2) is 7.75. The van der Waals surface area contributed by atoms with Gasteiger partial charge >= 0.3 is 0 Å². The van der Waals surface area contributed by atoms with E-state index in [2.05, 4.69) is 31.8 Å². The standard InChI is InChI=1S/C26H36O2/c1-3-4-5-6-7-8-15-26(28)17-14-24-23-11-9-19-18-20(27)10-12-21(19)22(23)13-16-25(24,26)2/h10,12,18,22-24,27-28H,3-7,9,11,13-14,16-17H2,1-2H3/t22-,23-,24+,25+,26+/m1/s1. The lowest BCUT2D eigenvalue weighted by atomic mass is 9.53. The fourth-order valence-electron chi connectivity index (χ4n) is 6.64. The van der Waals surface area contributed by atoms with Gasteiger partial charge in [-0.05, 0) is 86.0 Å². The summed E-state index contributed by atoms with van der Waals surface area (Å²) in [6, 6.07) is 5.97. The van der Waals surface area contributed by atoms with Gasteiger partial charge in [-0.15, -0.1) is 5.92 Å². The Balaban J connectivity index is 1.51. The fraction of sp³-hybridized carbons (Fsp3) is 0.692. The van der Waals surface area contributed by atoms with Crippen molar-refractivity contribution in [2.75, 3.05) is 0 Å². The lowest BCUT2D eigenvalue weighted by Crippen LogP contribution is -2.50. The first-order chi connectivity index (χ1) is 13.5. The maximum absolute atomic E-state index is 11.6. The summed E-state index contributed by atoms with van der Waals surface area (Å²) in [6.45, 7) is 4.55. The topological polar surface area (TPSA) is 40.5 Å². The van der Waals surface area contributed by atoms with Crippen molar-refractivity contribution < 1.29 is 10.2 Å². The minimum absolute atomic E-state index is 0.0704. The third-order valence-corrected chi connectivity index (χ3v) is 8.31. The summed E-state index contributed by atoms with van der Waals surface area (Å²) in [5.74, 6) is 8.91. The highest BCUT2D eigenvalue weighted by Gasteiger charge is 2.61. The van der Waals surface area contributed by atoms with Crippen molar-refractivity contribution in [1.29, 1.82) is 0 Å². The van der Waals surface area contributed by atoms with E-state index in [1.54, 1.807) is 0 Å². The zero-order valence-corrected chi connectivity index (χ0v) is 17.6. The summed E-state index contributed by atoms with van der Waals surface area (Å²) in [5.41, 5.74) is 1.92. The van der Waals surface area contributed by atoms with Gasteiger partial charge in [-0.3, -0.25) is 0 Å². The Morgan fingerprint density at radius 2 is 1.96 bits per heavy atom. The molecule has 2 saturated carbocycles. The minimum atomic E-state index is -0.803. The molecule has 2 heteroatoms. The van der Waals surface area contributed by atoms with Crippen molar-refractivity contribution in [3.8, 4) is 17.6 Å². The predicted octanol–water partition coefficient (Wildman–Crippen LogP) is 5.95. The zero-order valence-electron chi connectivity index (χ0n) is 17.6. The Morgan fingerprint density at radius 3 is 2.79 bits per heavy atom. The van der Waals surface area contributed by atoms with Crippen LogP contribution in [0.4, 0.5) is 0 Å². The molecule has 0 aliphatic heterocycles. The van der Waals surface area contributed by atoms with Crippen molar-refractivity contribution in [2.45, 2.75) is 96.0 Å². The first-order valence-electron chi connectivity index (χ1n) is 11.5. The van der Waals surface area contributed by atoms with Crippen LogP contribution >= 0.6 is 0 Å². The Hall–Kier alpha value is -1.46. The van der Waals surface area contributed by atoms with Gasteiger partial charge in [-0.2, -0.15) is 0 Å².